The van der Waals surface area contributed by atoms with Gasteiger partial charge in [-0.3, -0.25) is 9.36 Å². The van der Waals surface area contributed by atoms with Gasteiger partial charge in [0.25, 0.3) is 5.91 Å². The Morgan fingerprint density at radius 3 is 2.67 bits per heavy atom. The van der Waals surface area contributed by atoms with Crippen LogP contribution in [0.4, 0.5) is 0 Å². The summed E-state index contributed by atoms with van der Waals surface area (Å²) in [6.45, 7) is 2.07. The zero-order chi connectivity index (χ0) is 16.5. The van der Waals surface area contributed by atoms with Gasteiger partial charge in [0.1, 0.15) is 6.10 Å². The maximum absolute atomic E-state index is 12.6. The molecule has 1 atom stereocenters. The van der Waals surface area contributed by atoms with Crippen molar-refractivity contribution in [1.82, 2.24) is 14.5 Å². The molecule has 1 amide bonds. The van der Waals surface area contributed by atoms with Crippen LogP contribution in [0, 0.1) is 0 Å². The van der Waals surface area contributed by atoms with E-state index >= 15 is 0 Å². The quantitative estimate of drug-likeness (QED) is 0.917. The topological polar surface area (TPSA) is 67.3 Å². The molecule has 128 valence electrons. The first-order valence-electron chi connectivity index (χ1n) is 8.83. The number of amides is 1. The van der Waals surface area contributed by atoms with Gasteiger partial charge >= 0.3 is 5.69 Å². The summed E-state index contributed by atoms with van der Waals surface area (Å²) in [6, 6.07) is 7.91. The van der Waals surface area contributed by atoms with Gasteiger partial charge in [-0.2, -0.15) is 0 Å². The van der Waals surface area contributed by atoms with Crippen molar-refractivity contribution in [2.45, 2.75) is 44.2 Å². The van der Waals surface area contributed by atoms with Crippen LogP contribution in [0.15, 0.2) is 29.1 Å². The van der Waals surface area contributed by atoms with E-state index in [0.717, 1.165) is 43.1 Å². The molecule has 0 aliphatic carbocycles. The highest BCUT2D eigenvalue weighted by Gasteiger charge is 2.31. The fraction of sp³-hybridized carbons (Fsp3) is 0.556. The first kappa shape index (κ1) is 15.4. The van der Waals surface area contributed by atoms with Gasteiger partial charge in [-0.05, 0) is 44.2 Å². The second-order valence-electron chi connectivity index (χ2n) is 6.73. The Kier molecular flexibility index (Phi) is 4.14. The average molecular weight is 329 g/mol. The fourth-order valence-corrected chi connectivity index (χ4v) is 3.92. The van der Waals surface area contributed by atoms with Crippen LogP contribution in [0.25, 0.3) is 11.0 Å². The molecule has 2 fully saturated rings. The minimum Gasteiger partial charge on any atom is -0.368 e. The normalized spacial score (nSPS) is 22.8. The van der Waals surface area contributed by atoms with Crippen molar-refractivity contribution < 1.29 is 9.53 Å². The van der Waals surface area contributed by atoms with E-state index < -0.39 is 0 Å². The second kappa shape index (κ2) is 6.43. The number of likely N-dealkylation sites (tertiary alicyclic amines) is 1. The Balaban J connectivity index is 1.46. The molecule has 1 N–H and O–H groups in total. The maximum Gasteiger partial charge on any atom is 0.326 e. The molecule has 0 radical (unpaired) electrons. The largest absolute Gasteiger partial charge is 0.368 e. The van der Waals surface area contributed by atoms with Crippen LogP contribution in [-0.2, 0) is 9.53 Å². The van der Waals surface area contributed by atoms with Gasteiger partial charge in [-0.1, -0.05) is 12.1 Å². The number of aromatic nitrogens is 2. The Labute approximate surface area is 140 Å². The van der Waals surface area contributed by atoms with Crippen molar-refractivity contribution in [2.75, 3.05) is 19.7 Å². The molecular weight excluding hydrogens is 306 g/mol. The van der Waals surface area contributed by atoms with E-state index in [4.69, 9.17) is 4.74 Å². The maximum atomic E-state index is 12.6. The molecule has 6 nitrogen and oxygen atoms in total. The minimum atomic E-state index is -0.258. The van der Waals surface area contributed by atoms with Gasteiger partial charge in [0.15, 0.2) is 0 Å². The molecule has 2 aliphatic rings. The molecule has 0 spiro atoms. The molecule has 0 saturated carbocycles. The molecule has 3 heterocycles. The standard InChI is InChI=1S/C18H23N3O3/c22-17(16-7-3-4-12-24-16)20-10-8-13(9-11-20)21-15-6-2-1-5-14(15)19-18(21)23/h1-2,5-6,13,16H,3-4,7-12H2,(H,19,23). The number of fused-ring (bicyclic) bond motifs is 1. The number of aromatic amines is 1. The third-order valence-electron chi connectivity index (χ3n) is 5.22. The summed E-state index contributed by atoms with van der Waals surface area (Å²) in [5, 5.41) is 0. The number of carbonyl (C=O) groups is 1. The third-order valence-corrected chi connectivity index (χ3v) is 5.22. The van der Waals surface area contributed by atoms with E-state index in [1.165, 1.54) is 0 Å². The molecule has 0 bridgehead atoms. The summed E-state index contributed by atoms with van der Waals surface area (Å²) < 4.78 is 7.47. The van der Waals surface area contributed by atoms with Crippen LogP contribution in [0.3, 0.4) is 0 Å². The number of benzene rings is 1. The van der Waals surface area contributed by atoms with Crippen molar-refractivity contribution in [3.05, 3.63) is 34.7 Å². The average Bonchev–Trinajstić information content (AvgIpc) is 2.98. The highest BCUT2D eigenvalue weighted by Crippen LogP contribution is 2.26. The fourth-order valence-electron chi connectivity index (χ4n) is 3.92. The number of ether oxygens (including phenoxy) is 1. The Hall–Kier alpha value is -2.08. The second-order valence-corrected chi connectivity index (χ2v) is 6.73. The van der Waals surface area contributed by atoms with Gasteiger partial charge < -0.3 is 14.6 Å². The van der Waals surface area contributed by atoms with E-state index in [1.807, 2.05) is 33.7 Å². The SMILES string of the molecule is O=C(C1CCCCO1)N1CCC(n2c(=O)[nH]c3ccccc32)CC1. The highest BCUT2D eigenvalue weighted by molar-refractivity contribution is 5.81. The molecule has 2 aliphatic heterocycles. The number of carbonyl (C=O) groups excluding carboxylic acids is 1. The summed E-state index contributed by atoms with van der Waals surface area (Å²) in [5.41, 5.74) is 1.76. The summed E-state index contributed by atoms with van der Waals surface area (Å²) in [5.74, 6) is 0.124. The predicted octanol–water partition coefficient (Wildman–Crippen LogP) is 2.06. The Morgan fingerprint density at radius 1 is 1.12 bits per heavy atom. The lowest BCUT2D eigenvalue weighted by Gasteiger charge is -2.35. The van der Waals surface area contributed by atoms with Crippen molar-refractivity contribution in [2.24, 2.45) is 0 Å². The van der Waals surface area contributed by atoms with Gasteiger partial charge in [0, 0.05) is 25.7 Å². The molecule has 24 heavy (non-hydrogen) atoms. The van der Waals surface area contributed by atoms with Crippen molar-refractivity contribution in [3.63, 3.8) is 0 Å². The van der Waals surface area contributed by atoms with E-state index in [1.54, 1.807) is 0 Å². The molecule has 2 aromatic rings. The van der Waals surface area contributed by atoms with E-state index in [2.05, 4.69) is 4.98 Å². The lowest BCUT2D eigenvalue weighted by atomic mass is 10.0. The number of nitrogens with one attached hydrogen (secondary N) is 1. The smallest absolute Gasteiger partial charge is 0.326 e. The Bertz CT molecular complexity index is 780. The first-order chi connectivity index (χ1) is 11.7. The lowest BCUT2D eigenvalue weighted by Crippen LogP contribution is -2.46. The van der Waals surface area contributed by atoms with Crippen molar-refractivity contribution in [3.8, 4) is 0 Å². The summed E-state index contributed by atoms with van der Waals surface area (Å²) in [4.78, 5) is 29.7. The lowest BCUT2D eigenvalue weighted by molar-refractivity contribution is -0.147. The summed E-state index contributed by atoms with van der Waals surface area (Å²) in [7, 11) is 0. The van der Waals surface area contributed by atoms with Crippen LogP contribution in [0.5, 0.6) is 0 Å². The Morgan fingerprint density at radius 2 is 1.92 bits per heavy atom. The first-order valence-corrected chi connectivity index (χ1v) is 8.83. The van der Waals surface area contributed by atoms with Crippen molar-refractivity contribution >= 4 is 16.9 Å². The van der Waals surface area contributed by atoms with E-state index in [0.29, 0.717) is 19.7 Å². The monoisotopic (exact) mass is 329 g/mol. The van der Waals surface area contributed by atoms with Crippen LogP contribution in [0.1, 0.15) is 38.1 Å². The molecular formula is C18H23N3O3. The number of piperidine rings is 1. The number of H-pyrrole nitrogens is 1. The molecule has 2 saturated heterocycles. The van der Waals surface area contributed by atoms with Crippen LogP contribution < -0.4 is 5.69 Å². The van der Waals surface area contributed by atoms with Crippen LogP contribution >= 0.6 is 0 Å². The zero-order valence-corrected chi connectivity index (χ0v) is 13.7. The number of imidazole rings is 1. The highest BCUT2D eigenvalue weighted by atomic mass is 16.5. The number of hydrogen-bond acceptors (Lipinski definition) is 3. The number of rotatable bonds is 2. The van der Waals surface area contributed by atoms with Crippen LogP contribution in [-0.4, -0.2) is 46.2 Å². The number of hydrogen-bond donors (Lipinski definition) is 1. The predicted molar refractivity (Wildman–Crippen MR) is 91.0 cm³/mol. The van der Waals surface area contributed by atoms with E-state index in [-0.39, 0.29) is 23.7 Å². The zero-order valence-electron chi connectivity index (χ0n) is 13.7. The molecule has 6 heteroatoms. The molecule has 4 rings (SSSR count). The molecule has 1 unspecified atom stereocenters. The molecule has 1 aromatic heterocycles. The number of nitrogens with zero attached hydrogens (tertiary/aromatic N) is 2. The van der Waals surface area contributed by atoms with Crippen LogP contribution in [0.2, 0.25) is 0 Å². The van der Waals surface area contributed by atoms with Gasteiger partial charge in [-0.25, -0.2) is 4.79 Å². The van der Waals surface area contributed by atoms with Gasteiger partial charge in [0.2, 0.25) is 0 Å². The minimum absolute atomic E-state index is 0.0587. The van der Waals surface area contributed by atoms with Crippen molar-refractivity contribution in [1.29, 1.82) is 0 Å². The summed E-state index contributed by atoms with van der Waals surface area (Å²) >= 11 is 0. The van der Waals surface area contributed by atoms with Gasteiger partial charge in [0.05, 0.1) is 11.0 Å². The number of para-hydroxylation sites is 2. The van der Waals surface area contributed by atoms with Gasteiger partial charge in [-0.15, -0.1) is 0 Å². The van der Waals surface area contributed by atoms with E-state index in [9.17, 15) is 9.59 Å². The third kappa shape index (κ3) is 2.75. The molecule has 1 aromatic carbocycles. The summed E-state index contributed by atoms with van der Waals surface area (Å²) in [6.07, 6.45) is 4.31.